The van der Waals surface area contributed by atoms with Crippen molar-refractivity contribution in [3.05, 3.63) is 99.0 Å². The van der Waals surface area contributed by atoms with E-state index in [-0.39, 0.29) is 23.7 Å². The van der Waals surface area contributed by atoms with Gasteiger partial charge in [0.15, 0.2) is 11.4 Å². The molecule has 3 aliphatic rings. The summed E-state index contributed by atoms with van der Waals surface area (Å²) in [6, 6.07) is 18.1. The van der Waals surface area contributed by atoms with Crippen molar-refractivity contribution >= 4 is 5.91 Å². The van der Waals surface area contributed by atoms with E-state index in [0.29, 0.717) is 13.2 Å². The normalized spacial score (nSPS) is 20.2. The van der Waals surface area contributed by atoms with Gasteiger partial charge in [0.2, 0.25) is 5.43 Å². The first-order valence-corrected chi connectivity index (χ1v) is 11.5. The molecule has 33 heavy (non-hydrogen) atoms. The highest BCUT2D eigenvalue weighted by molar-refractivity contribution is 5.96. The zero-order valence-electron chi connectivity index (χ0n) is 18.3. The molecule has 3 heterocycles. The van der Waals surface area contributed by atoms with Crippen molar-refractivity contribution in [2.24, 2.45) is 0 Å². The van der Waals surface area contributed by atoms with E-state index >= 15 is 0 Å². The van der Waals surface area contributed by atoms with Gasteiger partial charge in [-0.3, -0.25) is 19.3 Å². The van der Waals surface area contributed by atoms with E-state index in [9.17, 15) is 14.7 Å². The van der Waals surface area contributed by atoms with E-state index in [1.807, 2.05) is 4.90 Å². The van der Waals surface area contributed by atoms with Crippen LogP contribution in [0.1, 0.15) is 45.2 Å². The molecule has 2 N–H and O–H groups in total. The van der Waals surface area contributed by atoms with Gasteiger partial charge in [-0.25, -0.2) is 0 Å². The van der Waals surface area contributed by atoms with Gasteiger partial charge in [0.25, 0.3) is 5.91 Å². The smallest absolute Gasteiger partial charge is 0.278 e. The number of carbonyl (C=O) groups is 1. The molecule has 3 aromatic rings. The second-order valence-electron chi connectivity index (χ2n) is 9.02. The summed E-state index contributed by atoms with van der Waals surface area (Å²) in [5.41, 5.74) is 4.42. The lowest BCUT2D eigenvalue weighted by Crippen LogP contribution is -2.58. The zero-order valence-corrected chi connectivity index (χ0v) is 18.3. The summed E-state index contributed by atoms with van der Waals surface area (Å²) in [5, 5.41) is 16.2. The lowest BCUT2D eigenvalue weighted by Gasteiger charge is -2.46. The molecule has 0 spiro atoms. The maximum Gasteiger partial charge on any atom is 0.278 e. The van der Waals surface area contributed by atoms with Gasteiger partial charge in [-0.2, -0.15) is 0 Å². The standard InChI is InChI=1S/C26H26N4O3/c31-22-12-14-29-24(25(22)32)26(33)28(19-11-13-27-15-19)16-30(29)23-20-7-3-1-5-17(20)9-10-18-6-2-4-8-21(18)23/h1-8,12,14,19,23,27,32H,9-11,13,15-16H2/t19-/m1/s1. The molecule has 0 saturated carbocycles. The number of nitrogens with zero attached hydrogens (tertiary/aromatic N) is 3. The van der Waals surface area contributed by atoms with E-state index in [1.165, 1.54) is 28.3 Å². The molecule has 1 saturated heterocycles. The Hall–Kier alpha value is -3.58. The fourth-order valence-corrected chi connectivity index (χ4v) is 5.56. The van der Waals surface area contributed by atoms with Crippen molar-refractivity contribution in [2.75, 3.05) is 24.8 Å². The quantitative estimate of drug-likeness (QED) is 0.636. The van der Waals surface area contributed by atoms with Crippen LogP contribution in [0, 0.1) is 0 Å². The Bertz CT molecular complexity index is 1250. The summed E-state index contributed by atoms with van der Waals surface area (Å²) in [5.74, 6) is -0.788. The van der Waals surface area contributed by atoms with Gasteiger partial charge in [-0.05, 0) is 48.1 Å². The summed E-state index contributed by atoms with van der Waals surface area (Å²) in [6.07, 6.45) is 4.34. The van der Waals surface area contributed by atoms with E-state index in [4.69, 9.17) is 0 Å². The second-order valence-corrected chi connectivity index (χ2v) is 9.02. The Labute approximate surface area is 191 Å². The minimum Gasteiger partial charge on any atom is -0.502 e. The van der Waals surface area contributed by atoms with E-state index in [2.05, 4.69) is 58.9 Å². The molecule has 1 aliphatic carbocycles. The number of rotatable bonds is 2. The fraction of sp³-hybridized carbons (Fsp3) is 0.308. The van der Waals surface area contributed by atoms with Crippen LogP contribution in [0.5, 0.6) is 5.75 Å². The van der Waals surface area contributed by atoms with Crippen molar-refractivity contribution in [1.82, 2.24) is 14.9 Å². The molecule has 6 rings (SSSR count). The number of amides is 1. The first kappa shape index (κ1) is 20.1. The first-order valence-electron chi connectivity index (χ1n) is 11.5. The molecular formula is C26H26N4O3. The number of hydrogen-bond acceptors (Lipinski definition) is 5. The maximum atomic E-state index is 13.5. The lowest BCUT2D eigenvalue weighted by molar-refractivity contribution is 0.0605. The van der Waals surface area contributed by atoms with Crippen LogP contribution in [0.15, 0.2) is 65.6 Å². The number of carbonyl (C=O) groups excluding carboxylic acids is 1. The van der Waals surface area contributed by atoms with Crippen LogP contribution in [-0.2, 0) is 12.8 Å². The number of pyridine rings is 1. The van der Waals surface area contributed by atoms with E-state index in [1.54, 1.807) is 10.9 Å². The largest absolute Gasteiger partial charge is 0.502 e. The molecule has 1 aromatic heterocycles. The number of fused-ring (bicyclic) bond motifs is 3. The van der Waals surface area contributed by atoms with Gasteiger partial charge in [0.05, 0.1) is 6.04 Å². The molecule has 2 aliphatic heterocycles. The Morgan fingerprint density at radius 1 is 0.909 bits per heavy atom. The first-order chi connectivity index (χ1) is 16.1. The molecule has 7 nitrogen and oxygen atoms in total. The monoisotopic (exact) mass is 442 g/mol. The van der Waals surface area contributed by atoms with Crippen LogP contribution in [0.4, 0.5) is 0 Å². The minimum atomic E-state index is -0.539. The number of hydrogen-bond donors (Lipinski definition) is 2. The van der Waals surface area contributed by atoms with Crippen LogP contribution in [0.25, 0.3) is 0 Å². The average molecular weight is 443 g/mol. The molecule has 1 amide bonds. The van der Waals surface area contributed by atoms with Gasteiger partial charge in [-0.15, -0.1) is 0 Å². The van der Waals surface area contributed by atoms with Crippen LogP contribution >= 0.6 is 0 Å². The van der Waals surface area contributed by atoms with Crippen LogP contribution in [0.3, 0.4) is 0 Å². The molecule has 1 fully saturated rings. The van der Waals surface area contributed by atoms with E-state index in [0.717, 1.165) is 25.8 Å². The van der Waals surface area contributed by atoms with Gasteiger partial charge in [0, 0.05) is 24.8 Å². The van der Waals surface area contributed by atoms with E-state index < -0.39 is 11.2 Å². The summed E-state index contributed by atoms with van der Waals surface area (Å²) in [7, 11) is 0. The Morgan fingerprint density at radius 3 is 2.21 bits per heavy atom. The average Bonchev–Trinajstić information content (AvgIpc) is 3.31. The molecule has 0 unspecified atom stereocenters. The molecule has 168 valence electrons. The van der Waals surface area contributed by atoms with Gasteiger partial charge >= 0.3 is 0 Å². The third-order valence-corrected chi connectivity index (χ3v) is 7.23. The maximum absolute atomic E-state index is 13.5. The highest BCUT2D eigenvalue weighted by atomic mass is 16.3. The minimum absolute atomic E-state index is 0.0136. The lowest BCUT2D eigenvalue weighted by atomic mass is 9.94. The molecule has 0 radical (unpaired) electrons. The summed E-state index contributed by atoms with van der Waals surface area (Å²) in [6.45, 7) is 1.92. The van der Waals surface area contributed by atoms with Crippen molar-refractivity contribution < 1.29 is 9.90 Å². The topological polar surface area (TPSA) is 77.8 Å². The van der Waals surface area contributed by atoms with Crippen molar-refractivity contribution in [2.45, 2.75) is 31.3 Å². The highest BCUT2D eigenvalue weighted by Gasteiger charge is 2.41. The Balaban J connectivity index is 1.59. The van der Waals surface area contributed by atoms with Crippen molar-refractivity contribution in [3.63, 3.8) is 0 Å². The zero-order chi connectivity index (χ0) is 22.5. The molecule has 7 heteroatoms. The predicted molar refractivity (Wildman–Crippen MR) is 125 cm³/mol. The number of aromatic hydroxyl groups is 1. The predicted octanol–water partition coefficient (Wildman–Crippen LogP) is 2.16. The summed E-state index contributed by atoms with van der Waals surface area (Å²) >= 11 is 0. The van der Waals surface area contributed by atoms with Crippen molar-refractivity contribution in [1.29, 1.82) is 0 Å². The van der Waals surface area contributed by atoms with Crippen LogP contribution in [0.2, 0.25) is 0 Å². The Kier molecular flexibility index (Phi) is 4.73. The van der Waals surface area contributed by atoms with Gasteiger partial charge < -0.3 is 15.3 Å². The number of nitrogens with one attached hydrogen (secondary N) is 1. The second kappa shape index (κ2) is 7.78. The number of benzene rings is 2. The fourth-order valence-electron chi connectivity index (χ4n) is 5.56. The van der Waals surface area contributed by atoms with Gasteiger partial charge in [-0.1, -0.05) is 48.5 Å². The highest BCUT2D eigenvalue weighted by Crippen LogP contribution is 2.38. The summed E-state index contributed by atoms with van der Waals surface area (Å²) < 4.78 is 1.70. The molecule has 2 aromatic carbocycles. The summed E-state index contributed by atoms with van der Waals surface area (Å²) in [4.78, 5) is 27.7. The number of aryl methyl sites for hydroxylation is 2. The third kappa shape index (κ3) is 3.15. The SMILES string of the molecule is O=C1c2c(O)c(=O)ccn2N(C2c3ccccc3CCc3ccccc32)CN1[C@@H]1CCNC1. The molecular weight excluding hydrogens is 416 g/mol. The van der Waals surface area contributed by atoms with Crippen LogP contribution in [-0.4, -0.2) is 46.4 Å². The third-order valence-electron chi connectivity index (χ3n) is 7.23. The van der Waals surface area contributed by atoms with Gasteiger partial charge in [0.1, 0.15) is 6.67 Å². The Morgan fingerprint density at radius 2 is 1.58 bits per heavy atom. The van der Waals surface area contributed by atoms with Crippen LogP contribution < -0.4 is 15.8 Å². The number of aromatic nitrogens is 1. The molecule has 0 bridgehead atoms. The molecule has 1 atom stereocenters. The van der Waals surface area contributed by atoms with Crippen molar-refractivity contribution in [3.8, 4) is 5.75 Å².